The molecule has 0 aliphatic heterocycles. The maximum Gasteiger partial charge on any atom is 0.133 e. The van der Waals surface area contributed by atoms with E-state index in [9.17, 15) is 0 Å². The van der Waals surface area contributed by atoms with Crippen LogP contribution >= 0.6 is 11.8 Å². The Bertz CT molecular complexity index is 227. The fourth-order valence-corrected chi connectivity index (χ4v) is 0.973. The molecule has 10 heavy (non-hydrogen) atoms. The molecule has 0 bridgehead atoms. The van der Waals surface area contributed by atoms with Gasteiger partial charge in [0.15, 0.2) is 0 Å². The molecule has 1 aromatic rings. The molecule has 0 aliphatic carbocycles. The molecule has 1 heterocycles. The van der Waals surface area contributed by atoms with Crippen molar-refractivity contribution in [3.63, 3.8) is 0 Å². The van der Waals surface area contributed by atoms with Gasteiger partial charge < -0.3 is 0 Å². The zero-order valence-corrected chi connectivity index (χ0v) is 6.14. The largest absolute Gasteiger partial charge is 0.260 e. The highest BCUT2D eigenvalue weighted by Gasteiger charge is 1.89. The van der Waals surface area contributed by atoms with Crippen molar-refractivity contribution in [3.8, 4) is 5.40 Å². The van der Waals surface area contributed by atoms with Gasteiger partial charge in [-0.05, 0) is 23.9 Å². The molecular formula is C7H6N2S. The first-order valence-electron chi connectivity index (χ1n) is 2.84. The molecule has 3 heteroatoms. The SMILES string of the molecule is N#CSCc1ccccn1. The Morgan fingerprint density at radius 2 is 2.50 bits per heavy atom. The molecule has 0 saturated carbocycles. The van der Waals surface area contributed by atoms with Gasteiger partial charge in [0.1, 0.15) is 5.40 Å². The summed E-state index contributed by atoms with van der Waals surface area (Å²) in [6.07, 6.45) is 1.73. The van der Waals surface area contributed by atoms with Crippen molar-refractivity contribution in [1.82, 2.24) is 4.98 Å². The summed E-state index contributed by atoms with van der Waals surface area (Å²) in [7, 11) is 0. The van der Waals surface area contributed by atoms with Crippen molar-refractivity contribution in [1.29, 1.82) is 5.26 Å². The van der Waals surface area contributed by atoms with Crippen LogP contribution in [-0.2, 0) is 5.75 Å². The van der Waals surface area contributed by atoms with E-state index in [4.69, 9.17) is 5.26 Å². The van der Waals surface area contributed by atoms with E-state index in [1.165, 1.54) is 11.8 Å². The van der Waals surface area contributed by atoms with Gasteiger partial charge in [0, 0.05) is 6.20 Å². The predicted molar refractivity (Wildman–Crippen MR) is 41.1 cm³/mol. The molecule has 0 amide bonds. The first-order valence-corrected chi connectivity index (χ1v) is 3.83. The average molecular weight is 150 g/mol. The van der Waals surface area contributed by atoms with Crippen LogP contribution in [0, 0.1) is 10.7 Å². The van der Waals surface area contributed by atoms with E-state index in [0.29, 0.717) is 5.75 Å². The highest BCUT2D eigenvalue weighted by molar-refractivity contribution is 8.02. The summed E-state index contributed by atoms with van der Waals surface area (Å²) in [5.41, 5.74) is 0.953. The van der Waals surface area contributed by atoms with Crippen molar-refractivity contribution >= 4 is 11.8 Å². The van der Waals surface area contributed by atoms with Gasteiger partial charge in [-0.3, -0.25) is 4.98 Å². The lowest BCUT2D eigenvalue weighted by molar-refractivity contribution is 1.18. The van der Waals surface area contributed by atoms with E-state index in [1.807, 2.05) is 23.6 Å². The van der Waals surface area contributed by atoms with Crippen molar-refractivity contribution < 1.29 is 0 Å². The van der Waals surface area contributed by atoms with Gasteiger partial charge in [-0.15, -0.1) is 0 Å². The Labute approximate surface area is 63.9 Å². The molecule has 1 aromatic heterocycles. The maximum atomic E-state index is 8.21. The van der Waals surface area contributed by atoms with Crippen molar-refractivity contribution in [2.24, 2.45) is 0 Å². The normalized spacial score (nSPS) is 8.70. The van der Waals surface area contributed by atoms with E-state index >= 15 is 0 Å². The zero-order valence-electron chi connectivity index (χ0n) is 5.32. The third-order valence-electron chi connectivity index (χ3n) is 1.01. The molecule has 0 saturated heterocycles. The Morgan fingerprint density at radius 1 is 1.60 bits per heavy atom. The first-order chi connectivity index (χ1) is 4.93. The minimum atomic E-state index is 0.678. The summed E-state index contributed by atoms with van der Waals surface area (Å²) in [6, 6.07) is 5.69. The summed E-state index contributed by atoms with van der Waals surface area (Å²) in [4.78, 5) is 4.04. The number of rotatable bonds is 2. The Balaban J connectivity index is 2.52. The zero-order chi connectivity index (χ0) is 7.23. The second-order valence-corrected chi connectivity index (χ2v) is 2.46. The van der Waals surface area contributed by atoms with E-state index < -0.39 is 0 Å². The van der Waals surface area contributed by atoms with Gasteiger partial charge in [-0.2, -0.15) is 5.26 Å². The van der Waals surface area contributed by atoms with Crippen LogP contribution in [0.15, 0.2) is 24.4 Å². The summed E-state index contributed by atoms with van der Waals surface area (Å²) in [5, 5.41) is 10.2. The minimum Gasteiger partial charge on any atom is -0.260 e. The van der Waals surface area contributed by atoms with Gasteiger partial charge in [0.05, 0.1) is 11.4 Å². The molecule has 0 radical (unpaired) electrons. The topological polar surface area (TPSA) is 36.7 Å². The van der Waals surface area contributed by atoms with Gasteiger partial charge in [0.25, 0.3) is 0 Å². The maximum absolute atomic E-state index is 8.21. The van der Waals surface area contributed by atoms with Gasteiger partial charge in [-0.1, -0.05) is 6.07 Å². The van der Waals surface area contributed by atoms with E-state index in [-0.39, 0.29) is 0 Å². The van der Waals surface area contributed by atoms with E-state index in [2.05, 4.69) is 4.98 Å². The highest BCUT2D eigenvalue weighted by atomic mass is 32.2. The Hall–Kier alpha value is -1.01. The molecule has 2 nitrogen and oxygen atoms in total. The highest BCUT2D eigenvalue weighted by Crippen LogP contribution is 2.06. The predicted octanol–water partition coefficient (Wildman–Crippen LogP) is 1.80. The van der Waals surface area contributed by atoms with Crippen LogP contribution in [0.5, 0.6) is 0 Å². The lowest BCUT2D eigenvalue weighted by Crippen LogP contribution is -1.81. The molecule has 0 N–H and O–H groups in total. The molecular weight excluding hydrogens is 144 g/mol. The van der Waals surface area contributed by atoms with Crippen LogP contribution in [0.3, 0.4) is 0 Å². The van der Waals surface area contributed by atoms with Gasteiger partial charge >= 0.3 is 0 Å². The summed E-state index contributed by atoms with van der Waals surface area (Å²) < 4.78 is 0. The molecule has 50 valence electrons. The second-order valence-electron chi connectivity index (χ2n) is 1.70. The molecule has 0 unspecified atom stereocenters. The summed E-state index contributed by atoms with van der Waals surface area (Å²) >= 11 is 1.20. The third-order valence-corrected chi connectivity index (χ3v) is 1.58. The van der Waals surface area contributed by atoms with Crippen LogP contribution in [0.4, 0.5) is 0 Å². The number of pyridine rings is 1. The first kappa shape index (κ1) is 7.10. The number of thiocyanates is 1. The smallest absolute Gasteiger partial charge is 0.133 e. The quantitative estimate of drug-likeness (QED) is 0.603. The lowest BCUT2D eigenvalue weighted by atomic mass is 10.4. The molecule has 0 aromatic carbocycles. The van der Waals surface area contributed by atoms with Gasteiger partial charge in [-0.25, -0.2) is 0 Å². The average Bonchev–Trinajstić information content (AvgIpc) is 2.03. The molecule has 0 fully saturated rings. The van der Waals surface area contributed by atoms with Crippen LogP contribution in [-0.4, -0.2) is 4.98 Å². The van der Waals surface area contributed by atoms with Crippen molar-refractivity contribution in [2.75, 3.05) is 0 Å². The van der Waals surface area contributed by atoms with Crippen LogP contribution < -0.4 is 0 Å². The number of aromatic nitrogens is 1. The third kappa shape index (κ3) is 2.08. The monoisotopic (exact) mass is 150 g/mol. The molecule has 0 aliphatic rings. The fraction of sp³-hybridized carbons (Fsp3) is 0.143. The Morgan fingerprint density at radius 3 is 3.10 bits per heavy atom. The van der Waals surface area contributed by atoms with Crippen molar-refractivity contribution in [3.05, 3.63) is 30.1 Å². The lowest BCUT2D eigenvalue weighted by Gasteiger charge is -1.91. The standard InChI is InChI=1S/C7H6N2S/c8-6-10-5-7-3-1-2-4-9-7/h1-4H,5H2. The van der Waals surface area contributed by atoms with Crippen LogP contribution in [0.25, 0.3) is 0 Å². The number of hydrogen-bond acceptors (Lipinski definition) is 3. The molecule has 1 rings (SSSR count). The number of nitriles is 1. The van der Waals surface area contributed by atoms with Crippen LogP contribution in [0.1, 0.15) is 5.69 Å². The van der Waals surface area contributed by atoms with E-state index in [1.54, 1.807) is 6.20 Å². The second kappa shape index (κ2) is 3.91. The minimum absolute atomic E-state index is 0.678. The number of hydrogen-bond donors (Lipinski definition) is 0. The fourth-order valence-electron chi connectivity index (χ4n) is 0.590. The molecule has 0 spiro atoms. The summed E-state index contributed by atoms with van der Waals surface area (Å²) in [5.74, 6) is 0.678. The van der Waals surface area contributed by atoms with Crippen LogP contribution in [0.2, 0.25) is 0 Å². The number of thioether (sulfide) groups is 1. The number of nitrogens with zero attached hydrogens (tertiary/aromatic N) is 2. The Kier molecular flexibility index (Phi) is 2.78. The molecule has 0 atom stereocenters. The van der Waals surface area contributed by atoms with Crippen molar-refractivity contribution in [2.45, 2.75) is 5.75 Å². The van der Waals surface area contributed by atoms with Gasteiger partial charge in [0.2, 0.25) is 0 Å². The van der Waals surface area contributed by atoms with E-state index in [0.717, 1.165) is 5.69 Å². The summed E-state index contributed by atoms with van der Waals surface area (Å²) in [6.45, 7) is 0.